The van der Waals surface area contributed by atoms with E-state index in [2.05, 4.69) is 15.9 Å². The molecule has 0 amide bonds. The van der Waals surface area contributed by atoms with Gasteiger partial charge in [0, 0.05) is 10.6 Å². The minimum atomic E-state index is -0.380. The molecule has 0 spiro atoms. The highest BCUT2D eigenvalue weighted by Gasteiger charge is 2.21. The van der Waals surface area contributed by atoms with Gasteiger partial charge in [0.2, 0.25) is 0 Å². The van der Waals surface area contributed by atoms with Crippen molar-refractivity contribution in [1.29, 1.82) is 0 Å². The molecule has 2 aromatic rings. The van der Waals surface area contributed by atoms with Crippen molar-refractivity contribution in [2.24, 2.45) is 5.73 Å². The first-order valence-corrected chi connectivity index (χ1v) is 7.59. The van der Waals surface area contributed by atoms with Gasteiger partial charge in [0.25, 0.3) is 0 Å². The summed E-state index contributed by atoms with van der Waals surface area (Å²) >= 11 is 9.86. The summed E-state index contributed by atoms with van der Waals surface area (Å²) in [5.74, 6) is 1.34. The number of ether oxygens (including phenoxy) is 2. The van der Waals surface area contributed by atoms with Crippen LogP contribution in [0.2, 0.25) is 5.02 Å². The molecule has 2 N–H and O–H groups in total. The predicted molar refractivity (Wildman–Crippen MR) is 89.5 cm³/mol. The van der Waals surface area contributed by atoms with Gasteiger partial charge in [-0.3, -0.25) is 0 Å². The maximum atomic E-state index is 6.40. The predicted octanol–water partition coefficient (Wildman–Crippen LogP) is 4.48. The largest absolute Gasteiger partial charge is 0.495 e. The van der Waals surface area contributed by atoms with Crippen LogP contribution in [0.1, 0.15) is 22.7 Å². The summed E-state index contributed by atoms with van der Waals surface area (Å²) in [6, 6.07) is 9.20. The molecule has 2 rings (SSSR count). The van der Waals surface area contributed by atoms with Crippen molar-refractivity contribution in [2.75, 3.05) is 14.2 Å². The molecule has 21 heavy (non-hydrogen) atoms. The highest BCUT2D eigenvalue weighted by Crippen LogP contribution is 2.41. The molecule has 2 aromatic carbocycles. The van der Waals surface area contributed by atoms with Crippen molar-refractivity contribution in [3.05, 3.63) is 56.5 Å². The fourth-order valence-corrected chi connectivity index (χ4v) is 3.17. The van der Waals surface area contributed by atoms with Crippen LogP contribution in [0.15, 0.2) is 34.8 Å². The molecule has 0 saturated heterocycles. The van der Waals surface area contributed by atoms with Gasteiger partial charge in [-0.2, -0.15) is 0 Å². The first-order chi connectivity index (χ1) is 10.0. The van der Waals surface area contributed by atoms with E-state index in [1.54, 1.807) is 14.2 Å². The van der Waals surface area contributed by atoms with Crippen molar-refractivity contribution < 1.29 is 9.47 Å². The van der Waals surface area contributed by atoms with Crippen molar-refractivity contribution >= 4 is 27.5 Å². The SMILES string of the molecule is COc1ccc(C(N)c2cccc(C)c2Cl)c(OC)c1Br. The molecule has 0 fully saturated rings. The highest BCUT2D eigenvalue weighted by atomic mass is 79.9. The van der Waals surface area contributed by atoms with Gasteiger partial charge in [0.1, 0.15) is 16.0 Å². The third kappa shape index (κ3) is 3.03. The number of aryl methyl sites for hydroxylation is 1. The number of nitrogens with two attached hydrogens (primary N) is 1. The van der Waals surface area contributed by atoms with Crippen molar-refractivity contribution in [1.82, 2.24) is 0 Å². The molecule has 0 radical (unpaired) electrons. The van der Waals surface area contributed by atoms with Crippen LogP contribution < -0.4 is 15.2 Å². The zero-order chi connectivity index (χ0) is 15.6. The van der Waals surface area contributed by atoms with Crippen LogP contribution in [0.25, 0.3) is 0 Å². The van der Waals surface area contributed by atoms with Gasteiger partial charge in [-0.05, 0) is 46.1 Å². The van der Waals surface area contributed by atoms with Crippen LogP contribution in [0, 0.1) is 6.92 Å². The third-order valence-corrected chi connectivity index (χ3v) is 4.68. The van der Waals surface area contributed by atoms with Gasteiger partial charge < -0.3 is 15.2 Å². The quantitative estimate of drug-likeness (QED) is 0.863. The fourth-order valence-electron chi connectivity index (χ4n) is 2.24. The summed E-state index contributed by atoms with van der Waals surface area (Å²) < 4.78 is 11.5. The van der Waals surface area contributed by atoms with Crippen LogP contribution >= 0.6 is 27.5 Å². The molecule has 3 nitrogen and oxygen atoms in total. The second-order valence-electron chi connectivity index (χ2n) is 4.66. The lowest BCUT2D eigenvalue weighted by molar-refractivity contribution is 0.385. The van der Waals surface area contributed by atoms with E-state index >= 15 is 0 Å². The summed E-state index contributed by atoms with van der Waals surface area (Å²) in [6.07, 6.45) is 0. The van der Waals surface area contributed by atoms with Gasteiger partial charge in [0.15, 0.2) is 0 Å². The van der Waals surface area contributed by atoms with Crippen molar-refractivity contribution in [3.63, 3.8) is 0 Å². The van der Waals surface area contributed by atoms with Crippen molar-refractivity contribution in [3.8, 4) is 11.5 Å². The Labute approximate surface area is 138 Å². The van der Waals surface area contributed by atoms with Gasteiger partial charge >= 0.3 is 0 Å². The van der Waals surface area contributed by atoms with Crippen LogP contribution in [-0.2, 0) is 0 Å². The molecular weight excluding hydrogens is 354 g/mol. The summed E-state index contributed by atoms with van der Waals surface area (Å²) in [7, 11) is 3.21. The number of halogens is 2. The van der Waals surface area contributed by atoms with E-state index in [1.807, 2.05) is 37.3 Å². The highest BCUT2D eigenvalue weighted by molar-refractivity contribution is 9.10. The monoisotopic (exact) mass is 369 g/mol. The Morgan fingerprint density at radius 1 is 1.10 bits per heavy atom. The average molecular weight is 371 g/mol. The number of hydrogen-bond acceptors (Lipinski definition) is 3. The molecule has 0 aliphatic heterocycles. The number of rotatable bonds is 4. The molecule has 0 bridgehead atoms. The first kappa shape index (κ1) is 16.1. The zero-order valence-electron chi connectivity index (χ0n) is 12.1. The van der Waals surface area contributed by atoms with E-state index in [9.17, 15) is 0 Å². The molecule has 112 valence electrons. The van der Waals surface area contributed by atoms with E-state index in [4.69, 9.17) is 26.8 Å². The zero-order valence-corrected chi connectivity index (χ0v) is 14.5. The summed E-state index contributed by atoms with van der Waals surface area (Å²) in [5.41, 5.74) is 9.11. The summed E-state index contributed by atoms with van der Waals surface area (Å²) in [6.45, 7) is 1.96. The lowest BCUT2D eigenvalue weighted by Crippen LogP contribution is -2.14. The Bertz CT molecular complexity index is 661. The molecule has 5 heteroatoms. The van der Waals surface area contributed by atoms with E-state index < -0.39 is 0 Å². The maximum Gasteiger partial charge on any atom is 0.141 e. The molecule has 0 aliphatic carbocycles. The van der Waals surface area contributed by atoms with E-state index in [-0.39, 0.29) is 6.04 Å². The molecule has 0 saturated carbocycles. The lowest BCUT2D eigenvalue weighted by atomic mass is 9.97. The molecular formula is C16H17BrClNO2. The molecule has 0 heterocycles. The third-order valence-electron chi connectivity index (χ3n) is 3.41. The Hall–Kier alpha value is -1.23. The van der Waals surface area contributed by atoms with E-state index in [1.165, 1.54) is 0 Å². The van der Waals surface area contributed by atoms with Gasteiger partial charge in [-0.15, -0.1) is 0 Å². The Balaban J connectivity index is 2.56. The fraction of sp³-hybridized carbons (Fsp3) is 0.250. The lowest BCUT2D eigenvalue weighted by Gasteiger charge is -2.20. The molecule has 1 unspecified atom stereocenters. The topological polar surface area (TPSA) is 44.5 Å². The molecule has 0 aliphatic rings. The number of methoxy groups -OCH3 is 2. The normalized spacial score (nSPS) is 12.1. The minimum absolute atomic E-state index is 0.380. The van der Waals surface area contributed by atoms with Crippen LogP contribution in [-0.4, -0.2) is 14.2 Å². The average Bonchev–Trinajstić information content (AvgIpc) is 2.49. The van der Waals surface area contributed by atoms with Gasteiger partial charge in [-0.1, -0.05) is 29.8 Å². The van der Waals surface area contributed by atoms with E-state index in [0.717, 1.165) is 21.2 Å². The summed E-state index contributed by atoms with van der Waals surface area (Å²) in [4.78, 5) is 0. The molecule has 0 aromatic heterocycles. The summed E-state index contributed by atoms with van der Waals surface area (Å²) in [5, 5.41) is 0.680. The Kier molecular flexibility index (Phi) is 5.14. The minimum Gasteiger partial charge on any atom is -0.495 e. The number of benzene rings is 2. The van der Waals surface area contributed by atoms with Crippen LogP contribution in [0.3, 0.4) is 0 Å². The first-order valence-electron chi connectivity index (χ1n) is 6.42. The second-order valence-corrected chi connectivity index (χ2v) is 5.83. The van der Waals surface area contributed by atoms with Crippen LogP contribution in [0.4, 0.5) is 0 Å². The standard InChI is InChI=1S/C16H17BrClNO2/c1-9-5-4-6-10(14(9)18)15(19)11-7-8-12(20-2)13(17)16(11)21-3/h4-8,15H,19H2,1-3H3. The van der Waals surface area contributed by atoms with E-state index in [0.29, 0.717) is 16.5 Å². The molecule has 1 atom stereocenters. The van der Waals surface area contributed by atoms with Gasteiger partial charge in [-0.25, -0.2) is 0 Å². The smallest absolute Gasteiger partial charge is 0.141 e. The Morgan fingerprint density at radius 2 is 1.81 bits per heavy atom. The number of hydrogen-bond donors (Lipinski definition) is 1. The maximum absolute atomic E-state index is 6.40. The van der Waals surface area contributed by atoms with Crippen molar-refractivity contribution in [2.45, 2.75) is 13.0 Å². The Morgan fingerprint density at radius 3 is 2.43 bits per heavy atom. The second kappa shape index (κ2) is 6.69. The van der Waals surface area contributed by atoms with Crippen LogP contribution in [0.5, 0.6) is 11.5 Å². The van der Waals surface area contributed by atoms with Gasteiger partial charge in [0.05, 0.1) is 20.3 Å².